The van der Waals surface area contributed by atoms with Gasteiger partial charge in [0.15, 0.2) is 0 Å². The van der Waals surface area contributed by atoms with Gasteiger partial charge in [0.1, 0.15) is 0 Å². The lowest BCUT2D eigenvalue weighted by molar-refractivity contribution is -0.0399. The fraction of sp³-hybridized carbons (Fsp3) is 0.273. The summed E-state index contributed by atoms with van der Waals surface area (Å²) < 4.78 is 5.35. The predicted molar refractivity (Wildman–Crippen MR) is 432 cm³/mol. The third kappa shape index (κ3) is 7.65. The average Bonchev–Trinajstić information content (AvgIpc) is 1.56. The first-order chi connectivity index (χ1) is 50.5. The molecule has 8 saturated carbocycles. The molecule has 12 aliphatic rings. The lowest BCUT2D eigenvalue weighted by Crippen LogP contribution is -2.55. The van der Waals surface area contributed by atoms with Crippen LogP contribution in [0.5, 0.6) is 0 Å². The zero-order chi connectivity index (χ0) is 67.7. The molecule has 0 saturated heterocycles. The van der Waals surface area contributed by atoms with E-state index in [0.29, 0.717) is 23.7 Å². The summed E-state index contributed by atoms with van der Waals surface area (Å²) in [4.78, 5) is 5.45. The zero-order valence-corrected chi connectivity index (χ0v) is 60.8. The predicted octanol–water partition coefficient (Wildman–Crippen LogP) is 27.0. The van der Waals surface area contributed by atoms with E-state index in [4.69, 9.17) is 0 Å². The minimum absolute atomic E-state index is 0.0420. The zero-order valence-electron chi connectivity index (χ0n) is 59.2. The molecule has 26 rings (SSSR count). The third-order valence-corrected chi connectivity index (χ3v) is 31.7. The molecular formula is C99H82N2S2. The Hall–Kier alpha value is -9.32. The molecule has 103 heavy (non-hydrogen) atoms. The highest BCUT2D eigenvalue weighted by atomic mass is 32.1. The normalized spacial score (nSPS) is 26.7. The first kappa shape index (κ1) is 59.1. The van der Waals surface area contributed by atoms with Crippen molar-refractivity contribution in [3.05, 3.63) is 298 Å². The Kier molecular flexibility index (Phi) is 11.9. The van der Waals surface area contributed by atoms with Crippen molar-refractivity contribution in [3.63, 3.8) is 0 Å². The van der Waals surface area contributed by atoms with Crippen molar-refractivity contribution in [3.8, 4) is 44.5 Å². The van der Waals surface area contributed by atoms with Crippen molar-refractivity contribution in [1.29, 1.82) is 0 Å². The second-order valence-electron chi connectivity index (χ2n) is 34.5. The summed E-state index contributed by atoms with van der Waals surface area (Å²) >= 11 is 3.94. The summed E-state index contributed by atoms with van der Waals surface area (Å²) in [6.07, 6.45) is 14.7. The number of rotatable bonds is 8. The number of fused-ring (bicyclic) bond motifs is 18. The van der Waals surface area contributed by atoms with Crippen LogP contribution in [0.15, 0.2) is 243 Å². The van der Waals surface area contributed by atoms with Gasteiger partial charge < -0.3 is 9.80 Å². The second-order valence-corrected chi connectivity index (χ2v) is 36.6. The Morgan fingerprint density at radius 2 is 0.767 bits per heavy atom. The van der Waals surface area contributed by atoms with Gasteiger partial charge in [-0.05, 0) is 275 Å². The molecule has 2 spiro atoms. The SMILES string of the molecule is Cc1ccc2c(c1)-c1ccc(N(c3cccc4c3-c3ccccc3C4(C)C)c3cccc4c3sc3ccc(CC5(C)c6ccccc6-c6c(N(c7ccc8c(c7)C7(c9ccccc9-8)C8CC9CC(C8)CC7C9)c7cccc8c7sc7ccccc78)cccc65)cc34)cc1C21C2CC3CC(C2)CC1C3. The maximum atomic E-state index is 2.73. The minimum Gasteiger partial charge on any atom is -0.308 e. The number of thiophene rings is 2. The van der Waals surface area contributed by atoms with Crippen LogP contribution in [0.3, 0.4) is 0 Å². The van der Waals surface area contributed by atoms with Crippen LogP contribution in [0.2, 0.25) is 0 Å². The van der Waals surface area contributed by atoms with Crippen LogP contribution < -0.4 is 9.80 Å². The van der Waals surface area contributed by atoms with Crippen LogP contribution in [-0.2, 0) is 28.1 Å². The van der Waals surface area contributed by atoms with Gasteiger partial charge >= 0.3 is 0 Å². The fourth-order valence-corrected chi connectivity index (χ4v) is 28.3. The standard InChI is InChI=1S/C99H82N2S2/c1-56-33-39-81-76(41-56)70-38-36-67(54-85(70)99(81)64-48-60-43-61(50-64)51-65(99)49-60)100(86-28-15-26-82-92(86)74-19-6-9-23-78(74)96(82,2)3)89-31-14-22-73-77-52-57(34-40-91(77)103-95(73)89)55-97(4)79-24-10-7-20-75(79)93-83(97)27-16-29-87(93)101(88-30-13-21-72-71-18-8-12-32-90(71)102-94(72)88)66-35-37-69-68-17-5-11-25-80(68)98(84(69)53-66)62-44-58-42-59(46-62)47-63(98)45-58/h5-41,52-54,58-65H,42-51,55H2,1-4H3. The van der Waals surface area contributed by atoms with E-state index in [9.17, 15) is 0 Å². The van der Waals surface area contributed by atoms with E-state index in [1.807, 2.05) is 22.7 Å². The van der Waals surface area contributed by atoms with E-state index in [2.05, 4.69) is 280 Å². The van der Waals surface area contributed by atoms with E-state index in [0.717, 1.165) is 30.1 Å². The van der Waals surface area contributed by atoms with Crippen molar-refractivity contribution < 1.29 is 0 Å². The second kappa shape index (κ2) is 20.8. The molecule has 8 bridgehead atoms. The van der Waals surface area contributed by atoms with Gasteiger partial charge in [-0.2, -0.15) is 0 Å². The summed E-state index contributed by atoms with van der Waals surface area (Å²) in [6, 6.07) is 97.1. The highest BCUT2D eigenvalue weighted by Crippen LogP contribution is 2.73. The van der Waals surface area contributed by atoms with Crippen LogP contribution in [0.1, 0.15) is 141 Å². The first-order valence-corrected chi connectivity index (χ1v) is 40.6. The number of hydrogen-bond donors (Lipinski definition) is 0. The van der Waals surface area contributed by atoms with E-state index < -0.39 is 0 Å². The highest BCUT2D eigenvalue weighted by Gasteiger charge is 2.63. The molecule has 2 aromatic heterocycles. The third-order valence-electron chi connectivity index (χ3n) is 29.3. The van der Waals surface area contributed by atoms with Crippen LogP contribution in [0.4, 0.5) is 34.1 Å². The maximum Gasteiger partial charge on any atom is 0.0640 e. The molecule has 0 radical (unpaired) electrons. The fourth-order valence-electron chi connectivity index (χ4n) is 25.9. The molecule has 500 valence electrons. The van der Waals surface area contributed by atoms with E-state index in [1.54, 1.807) is 22.3 Å². The molecule has 2 nitrogen and oxygen atoms in total. The van der Waals surface area contributed by atoms with E-state index in [1.165, 1.54) is 217 Å². The minimum atomic E-state index is -0.332. The number of aryl methyl sites for hydroxylation is 1. The molecule has 12 aliphatic carbocycles. The Bertz CT molecular complexity index is 6010. The van der Waals surface area contributed by atoms with Gasteiger partial charge in [0.25, 0.3) is 0 Å². The molecule has 0 amide bonds. The Morgan fingerprint density at radius 3 is 1.39 bits per heavy atom. The number of nitrogens with zero attached hydrogens (tertiary/aromatic N) is 2. The van der Waals surface area contributed by atoms with Crippen molar-refractivity contribution in [2.24, 2.45) is 47.3 Å². The maximum absolute atomic E-state index is 2.73. The molecule has 1 unspecified atom stereocenters. The molecule has 0 N–H and O–H groups in total. The molecule has 8 fully saturated rings. The van der Waals surface area contributed by atoms with Gasteiger partial charge in [0.2, 0.25) is 0 Å². The number of benzene rings is 12. The summed E-state index contributed by atoms with van der Waals surface area (Å²) in [5.74, 6) is 6.22. The summed E-state index contributed by atoms with van der Waals surface area (Å²) in [6.45, 7) is 9.75. The summed E-state index contributed by atoms with van der Waals surface area (Å²) in [5.41, 5.74) is 33.3. The van der Waals surface area contributed by atoms with Gasteiger partial charge in [-0.25, -0.2) is 0 Å². The monoisotopic (exact) mass is 1360 g/mol. The van der Waals surface area contributed by atoms with Gasteiger partial charge in [0.05, 0.1) is 32.1 Å². The van der Waals surface area contributed by atoms with Gasteiger partial charge in [-0.3, -0.25) is 0 Å². The van der Waals surface area contributed by atoms with Crippen LogP contribution in [0, 0.1) is 54.3 Å². The number of anilines is 6. The molecular weight excluding hydrogens is 1280 g/mol. The smallest absolute Gasteiger partial charge is 0.0640 e. The molecule has 2 heterocycles. The summed E-state index contributed by atoms with van der Waals surface area (Å²) in [7, 11) is 0. The highest BCUT2D eigenvalue weighted by molar-refractivity contribution is 7.26. The topological polar surface area (TPSA) is 6.48 Å². The molecule has 14 aromatic rings. The van der Waals surface area contributed by atoms with Crippen LogP contribution in [-0.4, -0.2) is 0 Å². The number of hydrogen-bond acceptors (Lipinski definition) is 4. The molecule has 4 heteroatoms. The molecule has 0 aliphatic heterocycles. The first-order valence-electron chi connectivity index (χ1n) is 38.9. The Balaban J connectivity index is 0.666. The van der Waals surface area contributed by atoms with Crippen molar-refractivity contribution in [2.45, 2.75) is 120 Å². The lowest BCUT2D eigenvalue weighted by atomic mass is 9.43. The van der Waals surface area contributed by atoms with Gasteiger partial charge in [-0.1, -0.05) is 202 Å². The quantitative estimate of drug-likeness (QED) is 0.150. The van der Waals surface area contributed by atoms with Gasteiger partial charge in [-0.15, -0.1) is 22.7 Å². The average molecular weight is 1360 g/mol. The van der Waals surface area contributed by atoms with E-state index >= 15 is 0 Å². The lowest BCUT2D eigenvalue weighted by Gasteiger charge is -2.61. The summed E-state index contributed by atoms with van der Waals surface area (Å²) in [5, 5.41) is 5.34. The Morgan fingerprint density at radius 1 is 0.320 bits per heavy atom. The van der Waals surface area contributed by atoms with Crippen LogP contribution in [0.25, 0.3) is 84.9 Å². The molecule has 12 aromatic carbocycles. The largest absolute Gasteiger partial charge is 0.308 e. The van der Waals surface area contributed by atoms with Crippen LogP contribution >= 0.6 is 22.7 Å². The van der Waals surface area contributed by atoms with Crippen molar-refractivity contribution in [1.82, 2.24) is 0 Å². The molecule has 1 atom stereocenters. The van der Waals surface area contributed by atoms with Crippen molar-refractivity contribution in [2.75, 3.05) is 9.80 Å². The van der Waals surface area contributed by atoms with Gasteiger partial charge in [0, 0.05) is 75.1 Å². The van der Waals surface area contributed by atoms with E-state index in [-0.39, 0.29) is 21.7 Å². The van der Waals surface area contributed by atoms with Crippen molar-refractivity contribution >= 4 is 97.1 Å². The Labute approximate surface area is 612 Å².